The summed E-state index contributed by atoms with van der Waals surface area (Å²) in [6, 6.07) is 3.75. The Morgan fingerprint density at radius 2 is 1.87 bits per heavy atom. The predicted molar refractivity (Wildman–Crippen MR) is 118 cm³/mol. The van der Waals surface area contributed by atoms with Crippen LogP contribution in [0.1, 0.15) is 58.3 Å². The van der Waals surface area contributed by atoms with Crippen LogP contribution in [0.2, 0.25) is 0 Å². The van der Waals surface area contributed by atoms with Gasteiger partial charge in [0.15, 0.2) is 5.78 Å². The molecule has 0 saturated heterocycles. The monoisotopic (exact) mass is 449 g/mol. The topological polar surface area (TPSA) is 48.4 Å². The van der Waals surface area contributed by atoms with E-state index in [4.69, 9.17) is 32.7 Å². The average Bonchev–Trinajstić information content (AvgIpc) is 3.37. The third-order valence-electron chi connectivity index (χ3n) is 6.92. The van der Waals surface area contributed by atoms with Crippen LogP contribution in [0.5, 0.6) is 5.75 Å². The number of fused-ring (bicyclic) bond motifs is 1. The molecule has 1 aromatic heterocycles. The number of carbonyl (C=O) groups excluding carboxylic acids is 1. The molecule has 0 N–H and O–H groups in total. The Balaban J connectivity index is 1.30. The highest BCUT2D eigenvalue weighted by Crippen LogP contribution is 2.56. The fourth-order valence-electron chi connectivity index (χ4n) is 5.27. The predicted octanol–water partition coefficient (Wildman–Crippen LogP) is 6.39. The number of rotatable bonds is 8. The van der Waals surface area contributed by atoms with Gasteiger partial charge in [0.1, 0.15) is 11.5 Å². The molecule has 6 heteroatoms. The molecule has 2 unspecified atom stereocenters. The molecule has 4 rings (SSSR count). The van der Waals surface area contributed by atoms with Gasteiger partial charge in [-0.15, -0.1) is 0 Å². The summed E-state index contributed by atoms with van der Waals surface area (Å²) in [6.45, 7) is 3.31. The second kappa shape index (κ2) is 9.32. The Morgan fingerprint density at radius 3 is 2.57 bits per heavy atom. The molecule has 2 fully saturated rings. The number of halogens is 2. The number of hydrogen-bond donors (Lipinski definition) is 0. The molecule has 2 atom stereocenters. The van der Waals surface area contributed by atoms with Gasteiger partial charge < -0.3 is 9.47 Å². The molecule has 0 bridgehead atoms. The fourth-order valence-corrected chi connectivity index (χ4v) is 5.85. The summed E-state index contributed by atoms with van der Waals surface area (Å²) in [7, 11) is 0. The zero-order valence-electron chi connectivity index (χ0n) is 17.5. The standard InChI is InChI=1S/C24H29Cl2NO3/c1-24(17-7-2-3-8-17)14-16-13-19(21(25)22(26)20(16)23(24)28)30-12-5-4-11-29-18-9-6-10-27-15-18/h6,9-10,15-17H,2-5,7-8,11-14H2,1H3. The number of aromatic nitrogens is 1. The van der Waals surface area contributed by atoms with E-state index in [-0.39, 0.29) is 17.1 Å². The Morgan fingerprint density at radius 1 is 1.13 bits per heavy atom. The Kier molecular flexibility index (Phi) is 6.74. The van der Waals surface area contributed by atoms with Gasteiger partial charge in [0.2, 0.25) is 0 Å². The summed E-state index contributed by atoms with van der Waals surface area (Å²) < 4.78 is 11.7. The van der Waals surface area contributed by atoms with Crippen LogP contribution in [0.15, 0.2) is 45.9 Å². The van der Waals surface area contributed by atoms with E-state index in [0.29, 0.717) is 35.6 Å². The molecular formula is C24H29Cl2NO3. The normalized spacial score (nSPS) is 27.0. The quantitative estimate of drug-likeness (QED) is 0.431. The zero-order chi connectivity index (χ0) is 21.1. The first-order valence-electron chi connectivity index (χ1n) is 11.0. The molecule has 30 heavy (non-hydrogen) atoms. The number of Topliss-reactive ketones (excluding diaryl/α,β-unsaturated/α-hetero) is 1. The van der Waals surface area contributed by atoms with Crippen molar-refractivity contribution in [2.24, 2.45) is 17.3 Å². The summed E-state index contributed by atoms with van der Waals surface area (Å²) in [6.07, 6.45) is 11.4. The smallest absolute Gasteiger partial charge is 0.166 e. The van der Waals surface area contributed by atoms with Gasteiger partial charge in [-0.25, -0.2) is 0 Å². The van der Waals surface area contributed by atoms with E-state index >= 15 is 0 Å². The van der Waals surface area contributed by atoms with Crippen molar-refractivity contribution in [3.63, 3.8) is 0 Å². The highest BCUT2D eigenvalue weighted by atomic mass is 35.5. The average molecular weight is 450 g/mol. The number of ether oxygens (including phenoxy) is 2. The number of unbranched alkanes of at least 4 members (excludes halogenated alkanes) is 1. The number of hydrogen-bond acceptors (Lipinski definition) is 4. The minimum Gasteiger partial charge on any atom is -0.496 e. The van der Waals surface area contributed by atoms with Crippen LogP contribution in [0, 0.1) is 17.3 Å². The van der Waals surface area contributed by atoms with E-state index in [0.717, 1.165) is 49.2 Å². The van der Waals surface area contributed by atoms with Crippen molar-refractivity contribution in [3.05, 3.63) is 45.9 Å². The van der Waals surface area contributed by atoms with Gasteiger partial charge in [-0.3, -0.25) is 9.78 Å². The Labute approximate surface area is 188 Å². The lowest BCUT2D eigenvalue weighted by atomic mass is 9.73. The summed E-state index contributed by atoms with van der Waals surface area (Å²) in [5.74, 6) is 2.32. The van der Waals surface area contributed by atoms with Crippen LogP contribution < -0.4 is 4.74 Å². The van der Waals surface area contributed by atoms with Crippen LogP contribution in [0.25, 0.3) is 0 Å². The maximum atomic E-state index is 13.3. The van der Waals surface area contributed by atoms with E-state index in [2.05, 4.69) is 11.9 Å². The van der Waals surface area contributed by atoms with E-state index in [1.54, 1.807) is 12.4 Å². The molecule has 1 aromatic rings. The minimum atomic E-state index is -0.299. The van der Waals surface area contributed by atoms with Gasteiger partial charge in [0, 0.05) is 23.6 Å². The van der Waals surface area contributed by atoms with Crippen molar-refractivity contribution in [3.8, 4) is 5.75 Å². The van der Waals surface area contributed by atoms with Gasteiger partial charge in [0.05, 0.1) is 29.5 Å². The van der Waals surface area contributed by atoms with Crippen molar-refractivity contribution in [1.82, 2.24) is 4.98 Å². The molecule has 0 aromatic carbocycles. The number of nitrogens with zero attached hydrogens (tertiary/aromatic N) is 1. The third kappa shape index (κ3) is 4.27. The van der Waals surface area contributed by atoms with E-state index in [1.807, 2.05) is 12.1 Å². The SMILES string of the molecule is CC1(C2CCCC2)CC2CC(OCCCCOc3cccnc3)=C(Cl)C(Cl)=C2C1=O. The molecule has 4 nitrogen and oxygen atoms in total. The molecule has 162 valence electrons. The van der Waals surface area contributed by atoms with Crippen molar-refractivity contribution in [2.75, 3.05) is 13.2 Å². The van der Waals surface area contributed by atoms with Crippen LogP contribution in [-0.2, 0) is 9.53 Å². The summed E-state index contributed by atoms with van der Waals surface area (Å²) in [5, 5.41) is 0.827. The van der Waals surface area contributed by atoms with Crippen LogP contribution in [-0.4, -0.2) is 24.0 Å². The molecule has 0 spiro atoms. The number of ketones is 1. The van der Waals surface area contributed by atoms with Gasteiger partial charge in [-0.2, -0.15) is 0 Å². The largest absolute Gasteiger partial charge is 0.496 e. The molecule has 2 saturated carbocycles. The van der Waals surface area contributed by atoms with Gasteiger partial charge in [-0.05, 0) is 56.1 Å². The highest BCUT2D eigenvalue weighted by molar-refractivity contribution is 6.45. The van der Waals surface area contributed by atoms with Crippen molar-refractivity contribution < 1.29 is 14.3 Å². The molecule has 0 aliphatic heterocycles. The van der Waals surface area contributed by atoms with Crippen LogP contribution in [0.3, 0.4) is 0 Å². The third-order valence-corrected chi connectivity index (χ3v) is 7.81. The molecule has 1 heterocycles. The maximum Gasteiger partial charge on any atom is 0.166 e. The van der Waals surface area contributed by atoms with E-state index in [9.17, 15) is 4.79 Å². The maximum absolute atomic E-state index is 13.3. The van der Waals surface area contributed by atoms with E-state index in [1.165, 1.54) is 12.8 Å². The minimum absolute atomic E-state index is 0.127. The van der Waals surface area contributed by atoms with Crippen molar-refractivity contribution in [2.45, 2.75) is 58.3 Å². The number of allylic oxidation sites excluding steroid dienone is 4. The molecular weight excluding hydrogens is 421 g/mol. The lowest BCUT2D eigenvalue weighted by Gasteiger charge is -2.29. The molecule has 3 aliphatic rings. The fraction of sp³-hybridized carbons (Fsp3) is 0.583. The van der Waals surface area contributed by atoms with Crippen molar-refractivity contribution in [1.29, 1.82) is 0 Å². The summed E-state index contributed by atoms with van der Waals surface area (Å²) in [5.41, 5.74) is 0.445. The molecule has 0 amide bonds. The van der Waals surface area contributed by atoms with Gasteiger partial charge >= 0.3 is 0 Å². The first kappa shape index (κ1) is 21.7. The van der Waals surface area contributed by atoms with Gasteiger partial charge in [0.25, 0.3) is 0 Å². The highest BCUT2D eigenvalue weighted by Gasteiger charge is 2.53. The Bertz CT molecular complexity index is 845. The number of carbonyl (C=O) groups is 1. The molecule has 3 aliphatic carbocycles. The van der Waals surface area contributed by atoms with E-state index < -0.39 is 0 Å². The summed E-state index contributed by atoms with van der Waals surface area (Å²) >= 11 is 13.1. The lowest BCUT2D eigenvalue weighted by Crippen LogP contribution is -2.30. The Hall–Kier alpha value is -1.52. The zero-order valence-corrected chi connectivity index (χ0v) is 19.0. The second-order valence-electron chi connectivity index (χ2n) is 8.89. The summed E-state index contributed by atoms with van der Waals surface area (Å²) in [4.78, 5) is 17.3. The number of pyridine rings is 1. The first-order valence-corrected chi connectivity index (χ1v) is 11.8. The lowest BCUT2D eigenvalue weighted by molar-refractivity contribution is -0.124. The van der Waals surface area contributed by atoms with Crippen LogP contribution in [0.4, 0.5) is 0 Å². The second-order valence-corrected chi connectivity index (χ2v) is 9.65. The first-order chi connectivity index (χ1) is 14.5. The van der Waals surface area contributed by atoms with Crippen molar-refractivity contribution >= 4 is 29.0 Å². The van der Waals surface area contributed by atoms with Crippen LogP contribution >= 0.6 is 23.2 Å². The molecule has 0 radical (unpaired) electrons. The van der Waals surface area contributed by atoms with Gasteiger partial charge in [-0.1, -0.05) is 43.0 Å².